The zero-order valence-corrected chi connectivity index (χ0v) is 20.1. The highest BCUT2D eigenvalue weighted by molar-refractivity contribution is 9.10. The summed E-state index contributed by atoms with van der Waals surface area (Å²) in [5, 5.41) is 3.04. The molecular formula is C19H33BrN2O3Si. The molecule has 0 aliphatic heterocycles. The lowest BCUT2D eigenvalue weighted by molar-refractivity contribution is 0.0413. The largest absolute Gasteiger partial charge is 0.444 e. The predicted octanol–water partition coefficient (Wildman–Crippen LogP) is 5.61. The second-order valence-electron chi connectivity index (χ2n) is 9.37. The maximum absolute atomic E-state index is 12.4. The Hall–Kier alpha value is -0.923. The third-order valence-corrected chi connectivity index (χ3v) is 9.56. The van der Waals surface area contributed by atoms with Crippen molar-refractivity contribution in [1.29, 1.82) is 0 Å². The molecule has 1 aromatic rings. The Labute approximate surface area is 167 Å². The minimum atomic E-state index is -1.99. The van der Waals surface area contributed by atoms with Gasteiger partial charge in [-0.25, -0.2) is 4.79 Å². The Bertz CT molecular complexity index is 638. The SMILES string of the molecule is CC(C)(C)OC(=O)NC(C)(CO[Si](C)(C)C(C)(C)C)c1cc(Br)ccn1. The summed E-state index contributed by atoms with van der Waals surface area (Å²) >= 11 is 3.48. The molecule has 1 amide bonds. The Morgan fingerprint density at radius 1 is 1.19 bits per heavy atom. The molecule has 1 atom stereocenters. The summed E-state index contributed by atoms with van der Waals surface area (Å²) in [7, 11) is -1.99. The number of ether oxygens (including phenoxy) is 1. The van der Waals surface area contributed by atoms with E-state index in [0.717, 1.165) is 10.2 Å². The topological polar surface area (TPSA) is 60.5 Å². The average Bonchev–Trinajstić information content (AvgIpc) is 2.42. The number of alkyl carbamates (subject to hydrolysis) is 1. The average molecular weight is 445 g/mol. The van der Waals surface area contributed by atoms with Crippen LogP contribution in [0, 0.1) is 0 Å². The van der Waals surface area contributed by atoms with Gasteiger partial charge < -0.3 is 14.5 Å². The predicted molar refractivity (Wildman–Crippen MR) is 112 cm³/mol. The molecule has 0 spiro atoms. The fraction of sp³-hybridized carbons (Fsp3) is 0.684. The van der Waals surface area contributed by atoms with Gasteiger partial charge >= 0.3 is 6.09 Å². The van der Waals surface area contributed by atoms with E-state index in [1.165, 1.54) is 0 Å². The van der Waals surface area contributed by atoms with Crippen molar-refractivity contribution in [2.24, 2.45) is 0 Å². The van der Waals surface area contributed by atoms with Crippen LogP contribution in [-0.2, 0) is 14.7 Å². The number of rotatable bonds is 5. The molecule has 1 aromatic heterocycles. The number of carbonyl (C=O) groups excluding carboxylic acids is 1. The molecule has 0 saturated carbocycles. The summed E-state index contributed by atoms with van der Waals surface area (Å²) < 4.78 is 12.7. The fourth-order valence-electron chi connectivity index (χ4n) is 1.95. The summed E-state index contributed by atoms with van der Waals surface area (Å²) in [5.74, 6) is 0. The van der Waals surface area contributed by atoms with Gasteiger partial charge in [0.25, 0.3) is 0 Å². The van der Waals surface area contributed by atoms with Gasteiger partial charge in [0.2, 0.25) is 0 Å². The number of aromatic nitrogens is 1. The summed E-state index contributed by atoms with van der Waals surface area (Å²) in [4.78, 5) is 16.9. The standard InChI is InChI=1S/C19H33BrN2O3Si/c1-17(2,3)25-16(23)22-19(7,15-12-14(20)10-11-21-15)13-24-26(8,9)18(4,5)6/h10-12H,13H2,1-9H3,(H,22,23). The first kappa shape index (κ1) is 23.1. The Morgan fingerprint density at radius 2 is 1.77 bits per heavy atom. The lowest BCUT2D eigenvalue weighted by Gasteiger charge is -2.40. The molecule has 0 aliphatic carbocycles. The summed E-state index contributed by atoms with van der Waals surface area (Å²) in [6, 6.07) is 3.75. The van der Waals surface area contributed by atoms with Crippen LogP contribution < -0.4 is 5.32 Å². The smallest absolute Gasteiger partial charge is 0.408 e. The first-order valence-corrected chi connectivity index (χ1v) is 12.5. The lowest BCUT2D eigenvalue weighted by atomic mass is 9.98. The monoisotopic (exact) mass is 444 g/mol. The van der Waals surface area contributed by atoms with E-state index < -0.39 is 25.6 Å². The molecule has 5 nitrogen and oxygen atoms in total. The van der Waals surface area contributed by atoms with E-state index in [9.17, 15) is 4.79 Å². The summed E-state index contributed by atoms with van der Waals surface area (Å²) in [6.45, 7) is 18.7. The van der Waals surface area contributed by atoms with E-state index in [0.29, 0.717) is 6.61 Å². The minimum Gasteiger partial charge on any atom is -0.444 e. The van der Waals surface area contributed by atoms with E-state index in [1.54, 1.807) is 6.20 Å². The molecule has 0 aromatic carbocycles. The Balaban J connectivity index is 3.12. The molecule has 0 bridgehead atoms. The third kappa shape index (κ3) is 6.67. The normalized spacial score (nSPS) is 15.3. The number of nitrogens with one attached hydrogen (secondary N) is 1. The Kier molecular flexibility index (Phi) is 7.10. The van der Waals surface area contributed by atoms with Crippen molar-refractivity contribution in [3.05, 3.63) is 28.5 Å². The molecule has 0 radical (unpaired) electrons. The molecule has 0 fully saturated rings. The van der Waals surface area contributed by atoms with Crippen molar-refractivity contribution < 1.29 is 14.0 Å². The molecule has 1 unspecified atom stereocenters. The van der Waals surface area contributed by atoms with E-state index in [2.05, 4.69) is 60.1 Å². The highest BCUT2D eigenvalue weighted by atomic mass is 79.9. The molecule has 1 N–H and O–H groups in total. The Morgan fingerprint density at radius 3 is 2.23 bits per heavy atom. The highest BCUT2D eigenvalue weighted by Gasteiger charge is 2.41. The van der Waals surface area contributed by atoms with Gasteiger partial charge in [-0.3, -0.25) is 4.98 Å². The summed E-state index contributed by atoms with van der Waals surface area (Å²) in [6.07, 6.45) is 1.22. The van der Waals surface area contributed by atoms with Crippen molar-refractivity contribution in [1.82, 2.24) is 10.3 Å². The first-order chi connectivity index (χ1) is 11.6. The fourth-order valence-corrected chi connectivity index (χ4v) is 3.37. The second-order valence-corrected chi connectivity index (χ2v) is 15.1. The van der Waals surface area contributed by atoms with Crippen LogP contribution in [0.5, 0.6) is 0 Å². The number of carbonyl (C=O) groups is 1. The van der Waals surface area contributed by atoms with Gasteiger partial charge in [-0.1, -0.05) is 36.7 Å². The lowest BCUT2D eigenvalue weighted by Crippen LogP contribution is -2.52. The quantitative estimate of drug-likeness (QED) is 0.599. The molecular weight excluding hydrogens is 412 g/mol. The number of halogens is 1. The second kappa shape index (κ2) is 7.98. The van der Waals surface area contributed by atoms with Gasteiger partial charge in [0.1, 0.15) is 11.1 Å². The van der Waals surface area contributed by atoms with Crippen LogP contribution in [0.1, 0.15) is 54.2 Å². The van der Waals surface area contributed by atoms with Gasteiger partial charge in [0, 0.05) is 10.7 Å². The van der Waals surface area contributed by atoms with Crippen LogP contribution in [-0.4, -0.2) is 31.6 Å². The van der Waals surface area contributed by atoms with Gasteiger partial charge in [-0.15, -0.1) is 0 Å². The van der Waals surface area contributed by atoms with Gasteiger partial charge in [-0.05, 0) is 58.0 Å². The van der Waals surface area contributed by atoms with Crippen molar-refractivity contribution >= 4 is 30.3 Å². The van der Waals surface area contributed by atoms with Crippen LogP contribution in [0.2, 0.25) is 18.1 Å². The van der Waals surface area contributed by atoms with E-state index >= 15 is 0 Å². The van der Waals surface area contributed by atoms with Crippen LogP contribution in [0.4, 0.5) is 4.79 Å². The molecule has 1 heterocycles. The molecule has 148 valence electrons. The molecule has 0 aliphatic rings. The number of amides is 1. The van der Waals surface area contributed by atoms with Crippen LogP contribution >= 0.6 is 15.9 Å². The van der Waals surface area contributed by atoms with Gasteiger partial charge in [-0.2, -0.15) is 0 Å². The zero-order valence-electron chi connectivity index (χ0n) is 17.5. The summed E-state index contributed by atoms with van der Waals surface area (Å²) in [5.41, 5.74) is -0.658. The van der Waals surface area contributed by atoms with E-state index in [1.807, 2.05) is 39.8 Å². The van der Waals surface area contributed by atoms with E-state index in [4.69, 9.17) is 9.16 Å². The molecule has 26 heavy (non-hydrogen) atoms. The third-order valence-electron chi connectivity index (χ3n) is 4.59. The maximum atomic E-state index is 12.4. The number of nitrogens with zero attached hydrogens (tertiary/aromatic N) is 1. The van der Waals surface area contributed by atoms with Crippen LogP contribution in [0.15, 0.2) is 22.8 Å². The van der Waals surface area contributed by atoms with Crippen LogP contribution in [0.25, 0.3) is 0 Å². The molecule has 1 rings (SSSR count). The maximum Gasteiger partial charge on any atom is 0.408 e. The zero-order chi connectivity index (χ0) is 20.4. The van der Waals surface area contributed by atoms with Crippen molar-refractivity contribution in [2.45, 2.75) is 77.7 Å². The van der Waals surface area contributed by atoms with Crippen LogP contribution in [0.3, 0.4) is 0 Å². The number of hydrogen-bond acceptors (Lipinski definition) is 4. The number of pyridine rings is 1. The van der Waals surface area contributed by atoms with Gasteiger partial charge in [0.15, 0.2) is 8.32 Å². The van der Waals surface area contributed by atoms with E-state index in [-0.39, 0.29) is 5.04 Å². The van der Waals surface area contributed by atoms with Crippen molar-refractivity contribution in [2.75, 3.05) is 6.61 Å². The van der Waals surface area contributed by atoms with Crippen molar-refractivity contribution in [3.8, 4) is 0 Å². The number of hydrogen-bond donors (Lipinski definition) is 1. The molecule has 0 saturated heterocycles. The first-order valence-electron chi connectivity index (χ1n) is 8.83. The minimum absolute atomic E-state index is 0.0739. The highest BCUT2D eigenvalue weighted by Crippen LogP contribution is 2.37. The van der Waals surface area contributed by atoms with Crippen molar-refractivity contribution in [3.63, 3.8) is 0 Å². The molecule has 7 heteroatoms. The van der Waals surface area contributed by atoms with Gasteiger partial charge in [0.05, 0.1) is 12.3 Å².